The van der Waals surface area contributed by atoms with Crippen LogP contribution >= 0.6 is 36.2 Å². The van der Waals surface area contributed by atoms with Gasteiger partial charge in [0.1, 0.15) is 0 Å². The Labute approximate surface area is 147 Å². The van der Waals surface area contributed by atoms with E-state index < -0.39 is 0 Å². The lowest BCUT2D eigenvalue weighted by atomic mass is 10.1. The van der Waals surface area contributed by atoms with Crippen molar-refractivity contribution in [1.29, 1.82) is 0 Å². The second-order valence-corrected chi connectivity index (χ2v) is 5.90. The van der Waals surface area contributed by atoms with Gasteiger partial charge in [-0.1, -0.05) is 12.1 Å². The monoisotopic (exact) mass is 361 g/mol. The zero-order valence-electron chi connectivity index (χ0n) is 12.8. The Kier molecular flexibility index (Phi) is 8.63. The number of rotatable bonds is 4. The summed E-state index contributed by atoms with van der Waals surface area (Å²) in [5.74, 6) is -0.0169. The summed E-state index contributed by atoms with van der Waals surface area (Å²) in [6.45, 7) is 4.36. The minimum atomic E-state index is -0.0169. The van der Waals surface area contributed by atoms with Gasteiger partial charge in [0.05, 0.1) is 10.7 Å². The van der Waals surface area contributed by atoms with E-state index in [9.17, 15) is 4.79 Å². The number of amides is 1. The van der Waals surface area contributed by atoms with E-state index in [2.05, 4.69) is 4.98 Å². The van der Waals surface area contributed by atoms with Crippen LogP contribution in [0.1, 0.15) is 22.3 Å². The molecule has 22 heavy (non-hydrogen) atoms. The van der Waals surface area contributed by atoms with Gasteiger partial charge in [0.25, 0.3) is 5.91 Å². The van der Waals surface area contributed by atoms with E-state index in [0.717, 1.165) is 16.3 Å². The predicted octanol–water partition coefficient (Wildman–Crippen LogP) is 3.38. The van der Waals surface area contributed by atoms with Gasteiger partial charge in [-0.15, -0.1) is 36.2 Å². The summed E-state index contributed by atoms with van der Waals surface area (Å²) >= 11 is 1.61. The highest BCUT2D eigenvalue weighted by atomic mass is 35.5. The predicted molar refractivity (Wildman–Crippen MR) is 97.4 cm³/mol. The smallest absolute Gasteiger partial charge is 0.253 e. The number of hydrogen-bond acceptors (Lipinski definition) is 4. The van der Waals surface area contributed by atoms with E-state index in [0.29, 0.717) is 12.1 Å². The van der Waals surface area contributed by atoms with Gasteiger partial charge in [0.2, 0.25) is 0 Å². The molecule has 0 radical (unpaired) electrons. The van der Waals surface area contributed by atoms with Crippen molar-refractivity contribution in [3.63, 3.8) is 0 Å². The van der Waals surface area contributed by atoms with E-state index in [-0.39, 0.29) is 36.8 Å². The van der Waals surface area contributed by atoms with Gasteiger partial charge in [-0.25, -0.2) is 4.98 Å². The summed E-state index contributed by atoms with van der Waals surface area (Å²) in [7, 11) is 1.78. The maximum Gasteiger partial charge on any atom is 0.253 e. The maximum atomic E-state index is 12.4. The highest BCUT2D eigenvalue weighted by molar-refractivity contribution is 7.09. The molecular weight excluding hydrogens is 341 g/mol. The van der Waals surface area contributed by atoms with Gasteiger partial charge < -0.3 is 10.6 Å². The summed E-state index contributed by atoms with van der Waals surface area (Å²) in [6, 6.07) is 7.59. The van der Waals surface area contributed by atoms with Crippen molar-refractivity contribution in [2.75, 3.05) is 13.6 Å². The quantitative estimate of drug-likeness (QED) is 0.907. The third-order valence-electron chi connectivity index (χ3n) is 3.35. The first-order valence-electron chi connectivity index (χ1n) is 6.52. The highest BCUT2D eigenvalue weighted by Crippen LogP contribution is 2.23. The molecule has 7 heteroatoms. The van der Waals surface area contributed by atoms with Crippen LogP contribution in [0.3, 0.4) is 0 Å². The standard InChI is InChI=1S/C15H19N3OS.2ClH/c1-10(8-16)18(3)15(19)13-6-4-5-12(7-13)14-9-20-11(2)17-14;;/h4-7,9-10H,8,16H2,1-3H3;2*1H. The Bertz CT molecular complexity index is 618. The van der Waals surface area contributed by atoms with Crippen molar-refractivity contribution < 1.29 is 4.79 Å². The van der Waals surface area contributed by atoms with Crippen LogP contribution < -0.4 is 5.73 Å². The number of aryl methyl sites for hydroxylation is 1. The molecule has 4 nitrogen and oxygen atoms in total. The molecule has 1 aromatic carbocycles. The minimum Gasteiger partial charge on any atom is -0.338 e. The zero-order valence-corrected chi connectivity index (χ0v) is 15.2. The lowest BCUT2D eigenvalue weighted by Gasteiger charge is -2.23. The Morgan fingerprint density at radius 2 is 2.09 bits per heavy atom. The van der Waals surface area contributed by atoms with Crippen molar-refractivity contribution in [3.8, 4) is 11.3 Å². The third-order valence-corrected chi connectivity index (χ3v) is 4.12. The van der Waals surface area contributed by atoms with Crippen LogP contribution in [0.15, 0.2) is 29.6 Å². The first-order chi connectivity index (χ1) is 9.52. The Morgan fingerprint density at radius 1 is 1.41 bits per heavy atom. The molecular formula is C15H21Cl2N3OS. The molecule has 1 heterocycles. The SMILES string of the molecule is Cc1nc(-c2cccc(C(=O)N(C)C(C)CN)c2)cs1.Cl.Cl. The van der Waals surface area contributed by atoms with Crippen LogP contribution in [0.25, 0.3) is 11.3 Å². The highest BCUT2D eigenvalue weighted by Gasteiger charge is 2.17. The topological polar surface area (TPSA) is 59.2 Å². The van der Waals surface area contributed by atoms with E-state index >= 15 is 0 Å². The number of likely N-dealkylation sites (N-methyl/N-ethyl adjacent to an activating group) is 1. The minimum absolute atomic E-state index is 0. The van der Waals surface area contributed by atoms with Crippen LogP contribution in [-0.4, -0.2) is 35.4 Å². The van der Waals surface area contributed by atoms with Gasteiger partial charge >= 0.3 is 0 Å². The molecule has 0 aliphatic rings. The molecule has 0 spiro atoms. The first kappa shape index (κ1) is 20.9. The summed E-state index contributed by atoms with van der Waals surface area (Å²) in [5.41, 5.74) is 8.15. The number of benzene rings is 1. The van der Waals surface area contributed by atoms with Crippen LogP contribution in [0.2, 0.25) is 0 Å². The lowest BCUT2D eigenvalue weighted by Crippen LogP contribution is -2.39. The number of carbonyl (C=O) groups excluding carboxylic acids is 1. The van der Waals surface area contributed by atoms with Crippen molar-refractivity contribution in [3.05, 3.63) is 40.2 Å². The van der Waals surface area contributed by atoms with Gasteiger partial charge in [0.15, 0.2) is 0 Å². The third kappa shape index (κ3) is 4.68. The average Bonchev–Trinajstić information content (AvgIpc) is 2.91. The van der Waals surface area contributed by atoms with E-state index in [1.165, 1.54) is 0 Å². The molecule has 0 fully saturated rings. The molecule has 0 aliphatic heterocycles. The first-order valence-corrected chi connectivity index (χ1v) is 7.40. The summed E-state index contributed by atoms with van der Waals surface area (Å²) in [4.78, 5) is 18.5. The molecule has 2 rings (SSSR count). The van der Waals surface area contributed by atoms with Gasteiger partial charge in [0, 0.05) is 36.1 Å². The summed E-state index contributed by atoms with van der Waals surface area (Å²) in [5, 5.41) is 3.02. The Morgan fingerprint density at radius 3 is 2.64 bits per heavy atom. The second kappa shape index (κ2) is 9.10. The molecule has 2 N–H and O–H groups in total. The molecule has 0 saturated heterocycles. The summed E-state index contributed by atoms with van der Waals surface area (Å²) in [6.07, 6.45) is 0. The number of nitrogens with two attached hydrogens (primary N) is 1. The molecule has 0 saturated carbocycles. The molecule has 1 amide bonds. The van der Waals surface area contributed by atoms with Crippen LogP contribution in [0, 0.1) is 6.92 Å². The molecule has 122 valence electrons. The van der Waals surface area contributed by atoms with E-state index in [1.54, 1.807) is 23.3 Å². The zero-order chi connectivity index (χ0) is 14.7. The number of nitrogens with zero attached hydrogens (tertiary/aromatic N) is 2. The van der Waals surface area contributed by atoms with E-state index in [4.69, 9.17) is 5.73 Å². The van der Waals surface area contributed by atoms with Crippen molar-refractivity contribution in [2.45, 2.75) is 19.9 Å². The fourth-order valence-corrected chi connectivity index (χ4v) is 2.49. The van der Waals surface area contributed by atoms with Crippen LogP contribution in [0.4, 0.5) is 0 Å². The number of thiazole rings is 1. The van der Waals surface area contributed by atoms with E-state index in [1.807, 2.05) is 43.5 Å². The number of carbonyl (C=O) groups is 1. The molecule has 1 unspecified atom stereocenters. The largest absolute Gasteiger partial charge is 0.338 e. The molecule has 0 aliphatic carbocycles. The molecule has 0 bridgehead atoms. The van der Waals surface area contributed by atoms with Crippen LogP contribution in [-0.2, 0) is 0 Å². The van der Waals surface area contributed by atoms with Crippen molar-refractivity contribution >= 4 is 42.1 Å². The maximum absolute atomic E-state index is 12.4. The molecule has 1 aromatic heterocycles. The normalized spacial score (nSPS) is 11.1. The fourth-order valence-electron chi connectivity index (χ4n) is 1.87. The lowest BCUT2D eigenvalue weighted by molar-refractivity contribution is 0.0748. The Balaban J connectivity index is 0.00000220. The van der Waals surface area contributed by atoms with Crippen molar-refractivity contribution in [2.24, 2.45) is 5.73 Å². The number of hydrogen-bond donors (Lipinski definition) is 1. The molecule has 2 aromatic rings. The van der Waals surface area contributed by atoms with Gasteiger partial charge in [-0.05, 0) is 26.0 Å². The molecule has 1 atom stereocenters. The van der Waals surface area contributed by atoms with Gasteiger partial charge in [-0.3, -0.25) is 4.79 Å². The van der Waals surface area contributed by atoms with Crippen molar-refractivity contribution in [1.82, 2.24) is 9.88 Å². The summed E-state index contributed by atoms with van der Waals surface area (Å²) < 4.78 is 0. The average molecular weight is 362 g/mol. The number of aromatic nitrogens is 1. The fraction of sp³-hybridized carbons (Fsp3) is 0.333. The van der Waals surface area contributed by atoms with Crippen LogP contribution in [0.5, 0.6) is 0 Å². The second-order valence-electron chi connectivity index (χ2n) is 4.83. The number of halogens is 2. The van der Waals surface area contributed by atoms with Gasteiger partial charge in [-0.2, -0.15) is 0 Å². The Hall–Kier alpha value is -1.14.